The lowest BCUT2D eigenvalue weighted by molar-refractivity contribution is -0.140. The van der Waals surface area contributed by atoms with Crippen LogP contribution in [-0.2, 0) is 9.59 Å². The van der Waals surface area contributed by atoms with E-state index in [0.717, 1.165) is 0 Å². The van der Waals surface area contributed by atoms with Crippen molar-refractivity contribution in [1.29, 1.82) is 0 Å². The van der Waals surface area contributed by atoms with Crippen LogP contribution in [0, 0.1) is 0 Å². The first-order valence-corrected chi connectivity index (χ1v) is 6.44. The van der Waals surface area contributed by atoms with Gasteiger partial charge in [-0.3, -0.25) is 9.59 Å². The Morgan fingerprint density at radius 1 is 1.50 bits per heavy atom. The molecule has 0 amide bonds. The van der Waals surface area contributed by atoms with Gasteiger partial charge in [0.25, 0.3) is 0 Å². The van der Waals surface area contributed by atoms with Crippen molar-refractivity contribution in [1.82, 2.24) is 4.98 Å². The Morgan fingerprint density at radius 3 is 2.85 bits per heavy atom. The second-order valence-electron chi connectivity index (χ2n) is 4.08. The third-order valence-corrected chi connectivity index (χ3v) is 2.85. The molecule has 0 aliphatic heterocycles. The lowest BCUT2D eigenvalue weighted by atomic mass is 10.1. The number of carboxylic acid groups (broad SMARTS) is 1. The number of aromatic nitrogens is 1. The average Bonchev–Trinajstić information content (AvgIpc) is 2.80. The largest absolute Gasteiger partial charge is 0.490 e. The number of carbonyl (C=O) groups is 2. The molecule has 1 atom stereocenters. The highest BCUT2D eigenvalue weighted by Gasteiger charge is 2.28. The third kappa shape index (κ3) is 2.93. The molecule has 0 saturated heterocycles. The fourth-order valence-electron chi connectivity index (χ4n) is 1.81. The van der Waals surface area contributed by atoms with E-state index in [9.17, 15) is 9.59 Å². The number of oxazole rings is 1. The predicted octanol–water partition coefficient (Wildman–Crippen LogP) is 2.24. The molecule has 106 valence electrons. The number of hydrogen-bond donors (Lipinski definition) is 2. The van der Waals surface area contributed by atoms with Crippen molar-refractivity contribution in [3.05, 3.63) is 24.1 Å². The van der Waals surface area contributed by atoms with Crippen LogP contribution in [0.5, 0.6) is 5.75 Å². The average molecular weight is 295 g/mol. The number of aliphatic carboxylic acids is 1. The Balaban J connectivity index is 2.46. The second-order valence-corrected chi connectivity index (χ2v) is 4.58. The summed E-state index contributed by atoms with van der Waals surface area (Å²) in [6.45, 7) is 2.28. The number of benzene rings is 1. The molecular formula is C13H13NO5S. The van der Waals surface area contributed by atoms with Gasteiger partial charge in [-0.2, -0.15) is 0 Å². The minimum Gasteiger partial charge on any atom is -0.490 e. The molecule has 6 nitrogen and oxygen atoms in total. The number of fused-ring (bicyclic) bond motifs is 1. The van der Waals surface area contributed by atoms with Gasteiger partial charge in [0.15, 0.2) is 16.4 Å². The van der Waals surface area contributed by atoms with Crippen LogP contribution in [-0.4, -0.2) is 27.8 Å². The molecule has 0 fully saturated rings. The van der Waals surface area contributed by atoms with Crippen LogP contribution in [0.15, 0.2) is 22.6 Å². The van der Waals surface area contributed by atoms with Crippen LogP contribution in [0.3, 0.4) is 0 Å². The first kappa shape index (κ1) is 14.4. The van der Waals surface area contributed by atoms with Crippen LogP contribution < -0.4 is 4.74 Å². The molecule has 1 unspecified atom stereocenters. The van der Waals surface area contributed by atoms with Crippen molar-refractivity contribution >= 4 is 34.8 Å². The minimum absolute atomic E-state index is 0.0259. The van der Waals surface area contributed by atoms with E-state index in [0.29, 0.717) is 23.5 Å². The van der Waals surface area contributed by atoms with Gasteiger partial charge in [0.2, 0.25) is 5.89 Å². The van der Waals surface area contributed by atoms with Gasteiger partial charge in [-0.15, -0.1) is 12.6 Å². The summed E-state index contributed by atoms with van der Waals surface area (Å²) < 4.78 is 10.9. The maximum Gasteiger partial charge on any atom is 0.316 e. The first-order chi connectivity index (χ1) is 9.52. The number of thiol groups is 1. The Labute approximate surface area is 120 Å². The third-order valence-electron chi connectivity index (χ3n) is 2.67. The van der Waals surface area contributed by atoms with Gasteiger partial charge in [0, 0.05) is 6.42 Å². The number of carboxylic acids is 1. The van der Waals surface area contributed by atoms with Gasteiger partial charge in [0.1, 0.15) is 11.4 Å². The molecule has 2 rings (SSSR count). The van der Waals surface area contributed by atoms with Gasteiger partial charge < -0.3 is 14.3 Å². The summed E-state index contributed by atoms with van der Waals surface area (Å²) in [7, 11) is 0. The normalized spacial score (nSPS) is 12.3. The molecule has 0 saturated carbocycles. The SMILES string of the molecule is CCOc1cccc2nc(C(CC(=O)S)C(=O)O)oc12. The number of rotatable bonds is 6. The molecule has 0 aliphatic carbocycles. The number of nitrogens with zero attached hydrogens (tertiary/aromatic N) is 1. The minimum atomic E-state index is -1.18. The zero-order valence-electron chi connectivity index (χ0n) is 10.7. The molecule has 0 radical (unpaired) electrons. The first-order valence-electron chi connectivity index (χ1n) is 5.99. The molecule has 0 aliphatic rings. The lowest BCUT2D eigenvalue weighted by Crippen LogP contribution is -2.14. The van der Waals surface area contributed by atoms with E-state index < -0.39 is 17.0 Å². The molecule has 1 aromatic heterocycles. The van der Waals surface area contributed by atoms with E-state index in [1.54, 1.807) is 18.2 Å². The van der Waals surface area contributed by atoms with Crippen LogP contribution in [0.2, 0.25) is 0 Å². The number of hydrogen-bond acceptors (Lipinski definition) is 5. The Morgan fingerprint density at radius 2 is 2.25 bits per heavy atom. The van der Waals surface area contributed by atoms with E-state index in [-0.39, 0.29) is 12.3 Å². The lowest BCUT2D eigenvalue weighted by Gasteiger charge is -2.05. The van der Waals surface area contributed by atoms with Crippen LogP contribution in [0.4, 0.5) is 0 Å². The van der Waals surface area contributed by atoms with E-state index in [4.69, 9.17) is 14.3 Å². The van der Waals surface area contributed by atoms with Crippen LogP contribution in [0.1, 0.15) is 25.2 Å². The second kappa shape index (κ2) is 5.96. The smallest absolute Gasteiger partial charge is 0.316 e. The van der Waals surface area contributed by atoms with Crippen molar-refractivity contribution in [3.8, 4) is 5.75 Å². The van der Waals surface area contributed by atoms with Gasteiger partial charge in [0.05, 0.1) is 6.61 Å². The number of para-hydroxylation sites is 1. The molecule has 1 N–H and O–H groups in total. The van der Waals surface area contributed by atoms with Gasteiger partial charge in [-0.05, 0) is 19.1 Å². The maximum atomic E-state index is 11.2. The Kier molecular flexibility index (Phi) is 4.29. The number of carbonyl (C=O) groups excluding carboxylic acids is 1. The highest BCUT2D eigenvalue weighted by atomic mass is 32.1. The van der Waals surface area contributed by atoms with Crippen LogP contribution in [0.25, 0.3) is 11.1 Å². The van der Waals surface area contributed by atoms with Crippen molar-refractivity contribution in [2.45, 2.75) is 19.3 Å². The van der Waals surface area contributed by atoms with E-state index in [2.05, 4.69) is 17.6 Å². The molecule has 1 heterocycles. The van der Waals surface area contributed by atoms with Gasteiger partial charge in [-0.1, -0.05) is 6.07 Å². The molecular weight excluding hydrogens is 282 g/mol. The van der Waals surface area contributed by atoms with E-state index in [1.807, 2.05) is 6.92 Å². The van der Waals surface area contributed by atoms with Crippen molar-refractivity contribution in [2.75, 3.05) is 6.61 Å². The molecule has 0 spiro atoms. The van der Waals surface area contributed by atoms with Crippen molar-refractivity contribution in [2.24, 2.45) is 0 Å². The summed E-state index contributed by atoms with van der Waals surface area (Å²) in [4.78, 5) is 26.3. The van der Waals surface area contributed by atoms with Crippen LogP contribution >= 0.6 is 12.6 Å². The summed E-state index contributed by atoms with van der Waals surface area (Å²) in [5, 5.41) is 8.62. The zero-order valence-corrected chi connectivity index (χ0v) is 11.6. The summed E-state index contributed by atoms with van der Waals surface area (Å²) >= 11 is 3.60. The predicted molar refractivity (Wildman–Crippen MR) is 74.2 cm³/mol. The highest BCUT2D eigenvalue weighted by molar-refractivity contribution is 7.96. The summed E-state index contributed by atoms with van der Waals surface area (Å²) in [6, 6.07) is 5.13. The maximum absolute atomic E-state index is 11.2. The Hall–Kier alpha value is -2.02. The molecule has 7 heteroatoms. The van der Waals surface area contributed by atoms with E-state index >= 15 is 0 Å². The molecule has 20 heavy (non-hydrogen) atoms. The standard InChI is InChI=1S/C13H13NO5S/c1-2-18-9-5-3-4-8-11(9)19-12(14-8)7(13(16)17)6-10(15)20/h3-5,7H,2,6H2,1H3,(H,15,20)(H,16,17). The molecule has 1 aromatic carbocycles. The topological polar surface area (TPSA) is 89.6 Å². The quantitative estimate of drug-likeness (QED) is 0.794. The number of ether oxygens (including phenoxy) is 1. The summed E-state index contributed by atoms with van der Waals surface area (Å²) in [6.07, 6.45) is -0.283. The summed E-state index contributed by atoms with van der Waals surface area (Å²) in [5.74, 6) is -1.87. The van der Waals surface area contributed by atoms with Gasteiger partial charge in [-0.25, -0.2) is 4.98 Å². The fourth-order valence-corrected chi connectivity index (χ4v) is 2.00. The molecule has 2 aromatic rings. The van der Waals surface area contributed by atoms with Crippen molar-refractivity contribution in [3.63, 3.8) is 0 Å². The fraction of sp³-hybridized carbons (Fsp3) is 0.308. The van der Waals surface area contributed by atoms with E-state index in [1.165, 1.54) is 0 Å². The zero-order chi connectivity index (χ0) is 14.7. The highest BCUT2D eigenvalue weighted by Crippen LogP contribution is 2.30. The monoisotopic (exact) mass is 295 g/mol. The van der Waals surface area contributed by atoms with Crippen molar-refractivity contribution < 1.29 is 23.8 Å². The summed E-state index contributed by atoms with van der Waals surface area (Å²) in [5.41, 5.74) is 0.867. The van der Waals surface area contributed by atoms with Gasteiger partial charge >= 0.3 is 5.97 Å². The molecule has 0 bridgehead atoms. The Bertz CT molecular complexity index is 651.